The predicted octanol–water partition coefficient (Wildman–Crippen LogP) is 2.34. The van der Waals surface area contributed by atoms with Crippen molar-refractivity contribution in [3.05, 3.63) is 29.8 Å². The molecule has 1 atom stereocenters. The standard InChI is InChI=1S/C14H20N2O2.ClH/c1-2-15-10-11-6-3-4-7-12(11)16-14(17)13-8-5-9-18-13;/h3-4,6-7,13,15H,2,5,8-10H2,1H3,(H,16,17);1H/t13-;/m1./s1. The van der Waals surface area contributed by atoms with E-state index in [-0.39, 0.29) is 24.4 Å². The fraction of sp³-hybridized carbons (Fsp3) is 0.500. The van der Waals surface area contributed by atoms with Crippen LogP contribution < -0.4 is 10.6 Å². The van der Waals surface area contributed by atoms with Gasteiger partial charge in [0.15, 0.2) is 0 Å². The van der Waals surface area contributed by atoms with E-state index in [0.29, 0.717) is 6.61 Å². The Morgan fingerprint density at radius 2 is 2.21 bits per heavy atom. The minimum Gasteiger partial charge on any atom is -0.368 e. The molecule has 1 aromatic carbocycles. The van der Waals surface area contributed by atoms with Crippen molar-refractivity contribution >= 4 is 24.0 Å². The highest BCUT2D eigenvalue weighted by atomic mass is 35.5. The molecule has 19 heavy (non-hydrogen) atoms. The van der Waals surface area contributed by atoms with E-state index in [2.05, 4.69) is 17.6 Å². The maximum absolute atomic E-state index is 12.0. The largest absolute Gasteiger partial charge is 0.368 e. The van der Waals surface area contributed by atoms with E-state index in [9.17, 15) is 4.79 Å². The first kappa shape index (κ1) is 16.0. The number of hydrogen-bond donors (Lipinski definition) is 2. The van der Waals surface area contributed by atoms with E-state index in [1.54, 1.807) is 0 Å². The van der Waals surface area contributed by atoms with E-state index in [1.807, 2.05) is 24.3 Å². The van der Waals surface area contributed by atoms with Crippen molar-refractivity contribution in [1.29, 1.82) is 0 Å². The second-order valence-corrected chi connectivity index (χ2v) is 4.43. The summed E-state index contributed by atoms with van der Waals surface area (Å²) in [5.41, 5.74) is 1.98. The lowest BCUT2D eigenvalue weighted by Crippen LogP contribution is -2.27. The van der Waals surface area contributed by atoms with Crippen LogP contribution in [0.1, 0.15) is 25.3 Å². The van der Waals surface area contributed by atoms with Crippen LogP contribution in [-0.4, -0.2) is 25.2 Å². The van der Waals surface area contributed by atoms with E-state index in [0.717, 1.165) is 37.2 Å². The summed E-state index contributed by atoms with van der Waals surface area (Å²) >= 11 is 0. The smallest absolute Gasteiger partial charge is 0.253 e. The molecule has 0 unspecified atom stereocenters. The lowest BCUT2D eigenvalue weighted by molar-refractivity contribution is -0.124. The second-order valence-electron chi connectivity index (χ2n) is 4.43. The first-order valence-electron chi connectivity index (χ1n) is 6.52. The molecule has 0 bridgehead atoms. The maximum Gasteiger partial charge on any atom is 0.253 e. The number of halogens is 1. The summed E-state index contributed by atoms with van der Waals surface area (Å²) in [6.07, 6.45) is 1.51. The number of rotatable bonds is 5. The lowest BCUT2D eigenvalue weighted by Gasteiger charge is -2.14. The number of benzene rings is 1. The zero-order chi connectivity index (χ0) is 12.8. The van der Waals surface area contributed by atoms with E-state index in [4.69, 9.17) is 4.74 Å². The summed E-state index contributed by atoms with van der Waals surface area (Å²) in [7, 11) is 0. The third-order valence-electron chi connectivity index (χ3n) is 3.06. The van der Waals surface area contributed by atoms with Crippen LogP contribution in [0, 0.1) is 0 Å². The molecule has 1 fully saturated rings. The van der Waals surface area contributed by atoms with Crippen LogP contribution in [0.3, 0.4) is 0 Å². The van der Waals surface area contributed by atoms with Crippen molar-refractivity contribution in [2.24, 2.45) is 0 Å². The van der Waals surface area contributed by atoms with Crippen molar-refractivity contribution in [1.82, 2.24) is 5.32 Å². The number of ether oxygens (including phenoxy) is 1. The van der Waals surface area contributed by atoms with Gasteiger partial charge in [-0.3, -0.25) is 4.79 Å². The van der Waals surface area contributed by atoms with Crippen LogP contribution in [-0.2, 0) is 16.1 Å². The zero-order valence-corrected chi connectivity index (χ0v) is 12.0. The Labute approximate surface area is 120 Å². The van der Waals surface area contributed by atoms with E-state index in [1.165, 1.54) is 0 Å². The normalized spacial score (nSPS) is 17.8. The molecule has 1 aromatic rings. The van der Waals surface area contributed by atoms with Gasteiger partial charge in [-0.25, -0.2) is 0 Å². The molecule has 1 saturated heterocycles. The van der Waals surface area contributed by atoms with E-state index < -0.39 is 0 Å². The van der Waals surface area contributed by atoms with Crippen LogP contribution >= 0.6 is 12.4 Å². The van der Waals surface area contributed by atoms with Crippen LogP contribution in [0.5, 0.6) is 0 Å². The Kier molecular flexibility index (Phi) is 6.84. The molecule has 106 valence electrons. The van der Waals surface area contributed by atoms with Crippen molar-refractivity contribution in [3.63, 3.8) is 0 Å². The second kappa shape index (κ2) is 8.15. The average Bonchev–Trinajstić information content (AvgIpc) is 2.91. The van der Waals surface area contributed by atoms with Crippen molar-refractivity contribution in [2.45, 2.75) is 32.4 Å². The molecule has 1 heterocycles. The number of nitrogens with one attached hydrogen (secondary N) is 2. The fourth-order valence-corrected chi connectivity index (χ4v) is 2.05. The summed E-state index contributed by atoms with van der Waals surface area (Å²) in [6.45, 7) is 4.43. The number of amides is 1. The highest BCUT2D eigenvalue weighted by Crippen LogP contribution is 2.18. The summed E-state index contributed by atoms with van der Waals surface area (Å²) in [5.74, 6) is -0.0311. The first-order valence-corrected chi connectivity index (χ1v) is 6.52. The number of hydrogen-bond acceptors (Lipinski definition) is 3. The van der Waals surface area contributed by atoms with Crippen molar-refractivity contribution in [3.8, 4) is 0 Å². The van der Waals surface area contributed by atoms with Gasteiger partial charge in [-0.1, -0.05) is 25.1 Å². The van der Waals surface area contributed by atoms with Crippen LogP contribution in [0.15, 0.2) is 24.3 Å². The Balaban J connectivity index is 0.00000180. The van der Waals surface area contributed by atoms with Crippen molar-refractivity contribution in [2.75, 3.05) is 18.5 Å². The van der Waals surface area contributed by atoms with Crippen molar-refractivity contribution < 1.29 is 9.53 Å². The van der Waals surface area contributed by atoms with Gasteiger partial charge in [0.1, 0.15) is 6.10 Å². The summed E-state index contributed by atoms with van der Waals surface area (Å²) in [5, 5.41) is 6.22. The molecule has 2 rings (SSSR count). The number of para-hydroxylation sites is 1. The number of anilines is 1. The summed E-state index contributed by atoms with van der Waals surface area (Å²) in [6, 6.07) is 7.86. The third-order valence-corrected chi connectivity index (χ3v) is 3.06. The molecule has 1 amide bonds. The molecule has 0 aliphatic carbocycles. The van der Waals surface area contributed by atoms with Gasteiger partial charge in [-0.15, -0.1) is 12.4 Å². The Hall–Kier alpha value is -1.10. The van der Waals surface area contributed by atoms with Gasteiger partial charge in [0, 0.05) is 18.8 Å². The topological polar surface area (TPSA) is 50.4 Å². The van der Waals surface area contributed by atoms with E-state index >= 15 is 0 Å². The quantitative estimate of drug-likeness (QED) is 0.872. The molecule has 0 aromatic heterocycles. The molecule has 2 N–H and O–H groups in total. The molecular formula is C14H21ClN2O2. The minimum absolute atomic E-state index is 0. The van der Waals surface area contributed by atoms with Gasteiger partial charge in [-0.2, -0.15) is 0 Å². The van der Waals surface area contributed by atoms with Gasteiger partial charge in [0.05, 0.1) is 0 Å². The molecule has 1 aliphatic rings. The van der Waals surface area contributed by atoms with Crippen LogP contribution in [0.25, 0.3) is 0 Å². The number of carbonyl (C=O) groups excluding carboxylic acids is 1. The number of carbonyl (C=O) groups is 1. The fourth-order valence-electron chi connectivity index (χ4n) is 2.05. The summed E-state index contributed by atoms with van der Waals surface area (Å²) in [4.78, 5) is 12.0. The molecule has 0 saturated carbocycles. The molecule has 1 aliphatic heterocycles. The molecule has 4 nitrogen and oxygen atoms in total. The Bertz CT molecular complexity index is 406. The first-order chi connectivity index (χ1) is 8.81. The molecule has 0 spiro atoms. The predicted molar refractivity (Wildman–Crippen MR) is 78.7 cm³/mol. The molecular weight excluding hydrogens is 264 g/mol. The third kappa shape index (κ3) is 4.49. The van der Waals surface area contributed by atoms with Gasteiger partial charge in [-0.05, 0) is 31.0 Å². The minimum atomic E-state index is -0.280. The van der Waals surface area contributed by atoms with Gasteiger partial charge >= 0.3 is 0 Å². The Morgan fingerprint density at radius 1 is 1.42 bits per heavy atom. The Morgan fingerprint density at radius 3 is 2.89 bits per heavy atom. The average molecular weight is 285 g/mol. The van der Waals surface area contributed by atoms with Crippen LogP contribution in [0.4, 0.5) is 5.69 Å². The zero-order valence-electron chi connectivity index (χ0n) is 11.1. The highest BCUT2D eigenvalue weighted by molar-refractivity contribution is 5.94. The summed E-state index contributed by atoms with van der Waals surface area (Å²) < 4.78 is 5.38. The molecule has 5 heteroatoms. The SMILES string of the molecule is CCNCc1ccccc1NC(=O)[C@H]1CCCO1.Cl. The van der Waals surface area contributed by atoms with Gasteiger partial charge < -0.3 is 15.4 Å². The molecule has 0 radical (unpaired) electrons. The lowest BCUT2D eigenvalue weighted by atomic mass is 10.1. The maximum atomic E-state index is 12.0. The highest BCUT2D eigenvalue weighted by Gasteiger charge is 2.23. The monoisotopic (exact) mass is 284 g/mol. The van der Waals surface area contributed by atoms with Crippen LogP contribution in [0.2, 0.25) is 0 Å². The van der Waals surface area contributed by atoms with Gasteiger partial charge in [0.2, 0.25) is 0 Å². The van der Waals surface area contributed by atoms with Gasteiger partial charge in [0.25, 0.3) is 5.91 Å².